The van der Waals surface area contributed by atoms with Crippen LogP contribution in [0.5, 0.6) is 0 Å². The Bertz CT molecular complexity index is 632. The van der Waals surface area contributed by atoms with Crippen molar-refractivity contribution >= 4 is 5.91 Å². The van der Waals surface area contributed by atoms with E-state index in [1.54, 1.807) is 24.7 Å². The molecule has 0 saturated heterocycles. The maximum absolute atomic E-state index is 12.4. The minimum absolute atomic E-state index is 0.0348. The van der Waals surface area contributed by atoms with E-state index in [1.807, 2.05) is 19.1 Å². The summed E-state index contributed by atoms with van der Waals surface area (Å²) in [5.41, 5.74) is 2.70. The molecule has 2 aromatic heterocycles. The van der Waals surface area contributed by atoms with Gasteiger partial charge in [-0.1, -0.05) is 0 Å². The summed E-state index contributed by atoms with van der Waals surface area (Å²) in [6, 6.07) is 5.77. The highest BCUT2D eigenvalue weighted by molar-refractivity contribution is 5.95. The maximum atomic E-state index is 12.4. The monoisotopic (exact) mass is 299 g/mol. The lowest BCUT2D eigenvalue weighted by Crippen LogP contribution is -2.48. The Morgan fingerprint density at radius 2 is 2.14 bits per heavy atom. The fourth-order valence-corrected chi connectivity index (χ4v) is 3.01. The second-order valence-electron chi connectivity index (χ2n) is 6.04. The van der Waals surface area contributed by atoms with Crippen LogP contribution in [0.1, 0.15) is 34.5 Å². The number of carbonyl (C=O) groups excluding carboxylic acids is 1. The number of carbonyl (C=O) groups is 1. The number of H-pyrrole nitrogens is 1. The smallest absolute Gasteiger partial charge is 0.253 e. The SMILES string of the molecule is Cc1[nH]ccc1C(=O)N[C@@H](Cc1ccncc1)C1CC(O)C1. The minimum Gasteiger partial charge on any atom is -0.393 e. The van der Waals surface area contributed by atoms with Crippen molar-refractivity contribution in [3.05, 3.63) is 53.6 Å². The molecule has 1 fully saturated rings. The predicted octanol–water partition coefficient (Wildman–Crippen LogP) is 1.83. The molecule has 0 aliphatic heterocycles. The number of nitrogens with one attached hydrogen (secondary N) is 2. The van der Waals surface area contributed by atoms with Crippen molar-refractivity contribution in [3.8, 4) is 0 Å². The van der Waals surface area contributed by atoms with Gasteiger partial charge in [-0.05, 0) is 55.9 Å². The fraction of sp³-hybridized carbons (Fsp3) is 0.412. The third kappa shape index (κ3) is 3.20. The van der Waals surface area contributed by atoms with E-state index in [0.29, 0.717) is 11.5 Å². The van der Waals surface area contributed by atoms with Gasteiger partial charge in [0, 0.05) is 30.3 Å². The van der Waals surface area contributed by atoms with Crippen LogP contribution in [0.25, 0.3) is 0 Å². The molecule has 1 amide bonds. The summed E-state index contributed by atoms with van der Waals surface area (Å²) < 4.78 is 0. The first kappa shape index (κ1) is 14.8. The summed E-state index contributed by atoms with van der Waals surface area (Å²) in [7, 11) is 0. The fourth-order valence-electron chi connectivity index (χ4n) is 3.01. The Morgan fingerprint density at radius 1 is 1.41 bits per heavy atom. The molecule has 5 nitrogen and oxygen atoms in total. The average molecular weight is 299 g/mol. The highest BCUT2D eigenvalue weighted by Gasteiger charge is 2.35. The first-order chi connectivity index (χ1) is 10.6. The molecule has 0 aromatic carbocycles. The van der Waals surface area contributed by atoms with Gasteiger partial charge in [0.05, 0.1) is 11.7 Å². The molecule has 1 aliphatic carbocycles. The number of nitrogens with zero attached hydrogens (tertiary/aromatic N) is 1. The minimum atomic E-state index is -0.226. The predicted molar refractivity (Wildman–Crippen MR) is 83.5 cm³/mol. The Morgan fingerprint density at radius 3 is 2.73 bits per heavy atom. The standard InChI is InChI=1S/C17H21N3O2/c1-11-15(4-7-19-11)17(22)20-16(13-9-14(21)10-13)8-12-2-5-18-6-3-12/h2-7,13-14,16,19,21H,8-10H2,1H3,(H,20,22)/t13?,14?,16-/m0/s1. The van der Waals surface area contributed by atoms with Gasteiger partial charge in [0.1, 0.15) is 0 Å². The third-order valence-corrected chi connectivity index (χ3v) is 4.44. The first-order valence-electron chi connectivity index (χ1n) is 7.65. The van der Waals surface area contributed by atoms with Gasteiger partial charge in [-0.15, -0.1) is 0 Å². The number of aliphatic hydroxyl groups is 1. The van der Waals surface area contributed by atoms with E-state index in [-0.39, 0.29) is 18.1 Å². The second kappa shape index (κ2) is 6.32. The first-order valence-corrected chi connectivity index (χ1v) is 7.65. The van der Waals surface area contributed by atoms with Gasteiger partial charge in [0.15, 0.2) is 0 Å². The molecule has 1 aliphatic rings. The van der Waals surface area contributed by atoms with Gasteiger partial charge in [0.25, 0.3) is 5.91 Å². The molecule has 0 spiro atoms. The van der Waals surface area contributed by atoms with E-state index in [1.165, 1.54) is 0 Å². The van der Waals surface area contributed by atoms with Gasteiger partial charge < -0.3 is 15.4 Å². The van der Waals surface area contributed by atoms with Gasteiger partial charge in [-0.2, -0.15) is 0 Å². The number of aromatic nitrogens is 2. The molecule has 2 heterocycles. The van der Waals surface area contributed by atoms with Gasteiger partial charge >= 0.3 is 0 Å². The summed E-state index contributed by atoms with van der Waals surface area (Å²) in [6.07, 6.45) is 7.34. The number of aliphatic hydroxyl groups excluding tert-OH is 1. The number of hydrogen-bond donors (Lipinski definition) is 3. The molecular formula is C17H21N3O2. The quantitative estimate of drug-likeness (QED) is 0.788. The van der Waals surface area contributed by atoms with E-state index in [4.69, 9.17) is 0 Å². The second-order valence-corrected chi connectivity index (χ2v) is 6.04. The van der Waals surface area contributed by atoms with Gasteiger partial charge in [-0.25, -0.2) is 0 Å². The topological polar surface area (TPSA) is 78.0 Å². The van der Waals surface area contributed by atoms with E-state index >= 15 is 0 Å². The van der Waals surface area contributed by atoms with Crippen molar-refractivity contribution < 1.29 is 9.90 Å². The molecule has 0 bridgehead atoms. The highest BCUT2D eigenvalue weighted by Crippen LogP contribution is 2.32. The van der Waals surface area contributed by atoms with E-state index in [0.717, 1.165) is 30.5 Å². The van der Waals surface area contributed by atoms with E-state index in [9.17, 15) is 9.90 Å². The van der Waals surface area contributed by atoms with Crippen molar-refractivity contribution in [2.45, 2.75) is 38.3 Å². The molecule has 1 saturated carbocycles. The van der Waals surface area contributed by atoms with Crippen LogP contribution in [-0.2, 0) is 6.42 Å². The summed E-state index contributed by atoms with van der Waals surface area (Å²) in [6.45, 7) is 1.89. The molecule has 0 unspecified atom stereocenters. The molecule has 3 rings (SSSR count). The molecule has 116 valence electrons. The number of rotatable bonds is 5. The molecule has 3 N–H and O–H groups in total. The van der Waals surface area contributed by atoms with Crippen molar-refractivity contribution in [2.24, 2.45) is 5.92 Å². The largest absolute Gasteiger partial charge is 0.393 e. The van der Waals surface area contributed by atoms with Crippen molar-refractivity contribution in [2.75, 3.05) is 0 Å². The van der Waals surface area contributed by atoms with Crippen LogP contribution in [-0.4, -0.2) is 33.1 Å². The Balaban J connectivity index is 1.71. The lowest BCUT2D eigenvalue weighted by molar-refractivity contribution is 0.0239. The summed E-state index contributed by atoms with van der Waals surface area (Å²) in [5.74, 6) is 0.269. The number of amides is 1. The number of pyridine rings is 1. The van der Waals surface area contributed by atoms with Gasteiger partial charge in [-0.3, -0.25) is 9.78 Å². The number of hydrogen-bond acceptors (Lipinski definition) is 3. The Labute approximate surface area is 129 Å². The van der Waals surface area contributed by atoms with Crippen molar-refractivity contribution in [1.82, 2.24) is 15.3 Å². The zero-order valence-electron chi connectivity index (χ0n) is 12.6. The van der Waals surface area contributed by atoms with Crippen LogP contribution < -0.4 is 5.32 Å². The van der Waals surface area contributed by atoms with Crippen LogP contribution in [0.2, 0.25) is 0 Å². The van der Waals surface area contributed by atoms with Crippen molar-refractivity contribution in [1.29, 1.82) is 0 Å². The van der Waals surface area contributed by atoms with Crippen molar-refractivity contribution in [3.63, 3.8) is 0 Å². The molecule has 5 heteroatoms. The number of aromatic amines is 1. The zero-order valence-corrected chi connectivity index (χ0v) is 12.6. The molecular weight excluding hydrogens is 278 g/mol. The number of aryl methyl sites for hydroxylation is 1. The molecule has 1 atom stereocenters. The lowest BCUT2D eigenvalue weighted by Gasteiger charge is -2.38. The highest BCUT2D eigenvalue weighted by atomic mass is 16.3. The normalized spacial score (nSPS) is 21.9. The van der Waals surface area contributed by atoms with Gasteiger partial charge in [0.2, 0.25) is 0 Å². The average Bonchev–Trinajstić information content (AvgIpc) is 2.91. The Hall–Kier alpha value is -2.14. The van der Waals surface area contributed by atoms with E-state index < -0.39 is 0 Å². The Kier molecular flexibility index (Phi) is 4.24. The molecule has 0 radical (unpaired) electrons. The third-order valence-electron chi connectivity index (χ3n) is 4.44. The van der Waals surface area contributed by atoms with Crippen LogP contribution in [0.15, 0.2) is 36.8 Å². The molecule has 2 aromatic rings. The summed E-state index contributed by atoms with van der Waals surface area (Å²) in [5, 5.41) is 12.7. The zero-order chi connectivity index (χ0) is 15.5. The van der Waals surface area contributed by atoms with Crippen LogP contribution >= 0.6 is 0 Å². The summed E-state index contributed by atoms with van der Waals surface area (Å²) >= 11 is 0. The maximum Gasteiger partial charge on any atom is 0.253 e. The molecule has 22 heavy (non-hydrogen) atoms. The van der Waals surface area contributed by atoms with Crippen LogP contribution in [0, 0.1) is 12.8 Å². The lowest BCUT2D eigenvalue weighted by atomic mass is 9.75. The summed E-state index contributed by atoms with van der Waals surface area (Å²) in [4.78, 5) is 19.5. The van der Waals surface area contributed by atoms with Crippen LogP contribution in [0.3, 0.4) is 0 Å². The van der Waals surface area contributed by atoms with E-state index in [2.05, 4.69) is 15.3 Å². The van der Waals surface area contributed by atoms with Crippen LogP contribution in [0.4, 0.5) is 0 Å².